The normalized spacial score (nSPS) is 21.3. The molecule has 1 aliphatic heterocycles. The van der Waals surface area contributed by atoms with Crippen molar-refractivity contribution < 1.29 is 14.6 Å². The highest BCUT2D eigenvalue weighted by Crippen LogP contribution is 2.29. The van der Waals surface area contributed by atoms with Crippen molar-refractivity contribution in [3.8, 4) is 0 Å². The van der Waals surface area contributed by atoms with Crippen molar-refractivity contribution in [1.29, 1.82) is 0 Å². The van der Waals surface area contributed by atoms with E-state index in [0.717, 1.165) is 25.9 Å². The number of aliphatic hydroxyl groups is 2. The van der Waals surface area contributed by atoms with Crippen LogP contribution in [0, 0.1) is 11.7 Å². The Balaban J connectivity index is 2.10. The molecule has 4 heteroatoms. The molecular formula is C14H20FNO2. The van der Waals surface area contributed by atoms with Crippen LogP contribution in [0.25, 0.3) is 0 Å². The summed E-state index contributed by atoms with van der Waals surface area (Å²) in [5, 5.41) is 18.3. The first-order valence-electron chi connectivity index (χ1n) is 6.45. The van der Waals surface area contributed by atoms with Gasteiger partial charge in [0.15, 0.2) is 0 Å². The smallest absolute Gasteiger partial charge is 0.146 e. The van der Waals surface area contributed by atoms with Crippen molar-refractivity contribution in [2.24, 2.45) is 5.92 Å². The van der Waals surface area contributed by atoms with Gasteiger partial charge in [-0.05, 0) is 43.4 Å². The summed E-state index contributed by atoms with van der Waals surface area (Å²) in [4.78, 5) is 2.02. The van der Waals surface area contributed by atoms with Gasteiger partial charge in [-0.1, -0.05) is 6.07 Å². The molecule has 1 aromatic rings. The maximum Gasteiger partial charge on any atom is 0.146 e. The van der Waals surface area contributed by atoms with Gasteiger partial charge >= 0.3 is 0 Å². The first kappa shape index (κ1) is 13.3. The van der Waals surface area contributed by atoms with Crippen LogP contribution < -0.4 is 4.90 Å². The van der Waals surface area contributed by atoms with Gasteiger partial charge in [0.25, 0.3) is 0 Å². The van der Waals surface area contributed by atoms with E-state index in [1.807, 2.05) is 4.90 Å². The first-order chi connectivity index (χ1) is 8.61. The summed E-state index contributed by atoms with van der Waals surface area (Å²) >= 11 is 0. The molecule has 0 aromatic heterocycles. The van der Waals surface area contributed by atoms with Crippen LogP contribution in [0.1, 0.15) is 31.4 Å². The van der Waals surface area contributed by atoms with Crippen LogP contribution >= 0.6 is 0 Å². The summed E-state index contributed by atoms with van der Waals surface area (Å²) in [7, 11) is 0. The SMILES string of the molecule is C[C@H](O)c1ccc(N2CCC(CCO)C2)c(F)c1. The van der Waals surface area contributed by atoms with Crippen LogP contribution in [0.15, 0.2) is 18.2 Å². The van der Waals surface area contributed by atoms with Crippen LogP contribution in [0.5, 0.6) is 0 Å². The zero-order chi connectivity index (χ0) is 13.1. The number of hydrogen-bond donors (Lipinski definition) is 2. The summed E-state index contributed by atoms with van der Waals surface area (Å²) in [5.74, 6) is 0.170. The highest BCUT2D eigenvalue weighted by atomic mass is 19.1. The van der Waals surface area contributed by atoms with Gasteiger partial charge in [0.05, 0.1) is 11.8 Å². The number of hydrogen-bond acceptors (Lipinski definition) is 3. The molecule has 0 saturated carbocycles. The summed E-state index contributed by atoms with van der Waals surface area (Å²) in [6.45, 7) is 3.45. The maximum absolute atomic E-state index is 14.0. The molecule has 1 saturated heterocycles. The molecule has 2 rings (SSSR count). The minimum atomic E-state index is -0.644. The molecule has 2 atom stereocenters. The zero-order valence-corrected chi connectivity index (χ0v) is 10.6. The lowest BCUT2D eigenvalue weighted by molar-refractivity contribution is 0.199. The minimum Gasteiger partial charge on any atom is -0.396 e. The van der Waals surface area contributed by atoms with Gasteiger partial charge in [-0.25, -0.2) is 4.39 Å². The number of rotatable bonds is 4. The molecule has 0 amide bonds. The second-order valence-electron chi connectivity index (χ2n) is 5.00. The molecule has 1 unspecified atom stereocenters. The minimum absolute atomic E-state index is 0.196. The van der Waals surface area contributed by atoms with E-state index in [1.54, 1.807) is 19.1 Å². The fraction of sp³-hybridized carbons (Fsp3) is 0.571. The molecule has 0 aliphatic carbocycles. The van der Waals surface area contributed by atoms with Crippen molar-refractivity contribution in [3.63, 3.8) is 0 Å². The lowest BCUT2D eigenvalue weighted by Crippen LogP contribution is -2.21. The predicted molar refractivity (Wildman–Crippen MR) is 69.1 cm³/mol. The van der Waals surface area contributed by atoms with E-state index in [4.69, 9.17) is 5.11 Å². The van der Waals surface area contributed by atoms with E-state index in [-0.39, 0.29) is 12.4 Å². The van der Waals surface area contributed by atoms with Gasteiger partial charge in [-0.3, -0.25) is 0 Å². The van der Waals surface area contributed by atoms with Gasteiger partial charge in [-0.15, -0.1) is 0 Å². The van der Waals surface area contributed by atoms with E-state index in [0.29, 0.717) is 17.2 Å². The summed E-state index contributed by atoms with van der Waals surface area (Å²) < 4.78 is 14.0. The predicted octanol–water partition coefficient (Wildman–Crippen LogP) is 2.09. The molecule has 1 fully saturated rings. The summed E-state index contributed by atoms with van der Waals surface area (Å²) in [6.07, 6.45) is 1.14. The average molecular weight is 253 g/mol. The lowest BCUT2D eigenvalue weighted by atomic mass is 10.1. The Morgan fingerprint density at radius 3 is 2.89 bits per heavy atom. The van der Waals surface area contributed by atoms with Crippen molar-refractivity contribution in [2.75, 3.05) is 24.6 Å². The number of benzene rings is 1. The molecule has 18 heavy (non-hydrogen) atoms. The first-order valence-corrected chi connectivity index (χ1v) is 6.45. The topological polar surface area (TPSA) is 43.7 Å². The van der Waals surface area contributed by atoms with Crippen molar-refractivity contribution >= 4 is 5.69 Å². The summed E-state index contributed by atoms with van der Waals surface area (Å²) in [5.41, 5.74) is 1.20. The molecule has 3 nitrogen and oxygen atoms in total. The number of aliphatic hydroxyl groups excluding tert-OH is 2. The third-order valence-corrected chi connectivity index (χ3v) is 3.62. The molecule has 0 radical (unpaired) electrons. The van der Waals surface area contributed by atoms with E-state index in [2.05, 4.69) is 0 Å². The Morgan fingerprint density at radius 1 is 1.50 bits per heavy atom. The molecule has 0 bridgehead atoms. The van der Waals surface area contributed by atoms with Crippen molar-refractivity contribution in [2.45, 2.75) is 25.9 Å². The second-order valence-corrected chi connectivity index (χ2v) is 5.00. The van der Waals surface area contributed by atoms with Gasteiger partial charge in [0, 0.05) is 19.7 Å². The molecule has 1 aromatic carbocycles. The fourth-order valence-corrected chi connectivity index (χ4v) is 2.51. The molecule has 1 aliphatic rings. The highest BCUT2D eigenvalue weighted by molar-refractivity contribution is 5.50. The number of nitrogens with zero attached hydrogens (tertiary/aromatic N) is 1. The van der Waals surface area contributed by atoms with Crippen LogP contribution in [0.3, 0.4) is 0 Å². The largest absolute Gasteiger partial charge is 0.396 e. The maximum atomic E-state index is 14.0. The standard InChI is InChI=1S/C14H20FNO2/c1-10(18)12-2-3-14(13(15)8-12)16-6-4-11(9-16)5-7-17/h2-3,8,10-11,17-18H,4-7,9H2,1H3/t10-,11?/m0/s1. The van der Waals surface area contributed by atoms with Gasteiger partial charge in [0.1, 0.15) is 5.82 Å². The Bertz CT molecular complexity index is 409. The van der Waals surface area contributed by atoms with E-state index in [9.17, 15) is 9.50 Å². The second kappa shape index (κ2) is 5.67. The number of halogens is 1. The van der Waals surface area contributed by atoms with E-state index in [1.165, 1.54) is 6.07 Å². The fourth-order valence-electron chi connectivity index (χ4n) is 2.51. The van der Waals surface area contributed by atoms with Crippen molar-refractivity contribution in [3.05, 3.63) is 29.6 Å². The molecule has 100 valence electrons. The van der Waals surface area contributed by atoms with Gasteiger partial charge in [-0.2, -0.15) is 0 Å². The van der Waals surface area contributed by atoms with Crippen molar-refractivity contribution in [1.82, 2.24) is 0 Å². The van der Waals surface area contributed by atoms with Crippen LogP contribution in [-0.2, 0) is 0 Å². The Labute approximate surface area is 107 Å². The Kier molecular flexibility index (Phi) is 4.19. The van der Waals surface area contributed by atoms with Gasteiger partial charge in [0.2, 0.25) is 0 Å². The van der Waals surface area contributed by atoms with E-state index >= 15 is 0 Å². The van der Waals surface area contributed by atoms with Gasteiger partial charge < -0.3 is 15.1 Å². The Morgan fingerprint density at radius 2 is 2.28 bits per heavy atom. The third kappa shape index (κ3) is 2.82. The third-order valence-electron chi connectivity index (χ3n) is 3.62. The summed E-state index contributed by atoms with van der Waals surface area (Å²) in [6, 6.07) is 4.90. The van der Waals surface area contributed by atoms with Crippen LogP contribution in [0.2, 0.25) is 0 Å². The molecule has 1 heterocycles. The van der Waals surface area contributed by atoms with E-state index < -0.39 is 6.10 Å². The zero-order valence-electron chi connectivity index (χ0n) is 10.6. The molecule has 2 N–H and O–H groups in total. The lowest BCUT2D eigenvalue weighted by Gasteiger charge is -2.20. The molecule has 0 spiro atoms. The van der Waals surface area contributed by atoms with Crippen LogP contribution in [-0.4, -0.2) is 29.9 Å². The Hall–Kier alpha value is -1.13. The highest BCUT2D eigenvalue weighted by Gasteiger charge is 2.24. The monoisotopic (exact) mass is 253 g/mol. The molecular weight excluding hydrogens is 233 g/mol. The van der Waals surface area contributed by atoms with Crippen LogP contribution in [0.4, 0.5) is 10.1 Å². The quantitative estimate of drug-likeness (QED) is 0.863. The average Bonchev–Trinajstić information content (AvgIpc) is 2.77. The number of anilines is 1.